The molecule has 0 spiro atoms. The third-order valence-electron chi connectivity index (χ3n) is 9.35. The molecule has 2 bridgehead atoms. The van der Waals surface area contributed by atoms with Gasteiger partial charge in [-0.1, -0.05) is 0 Å². The van der Waals surface area contributed by atoms with E-state index >= 15 is 0 Å². The van der Waals surface area contributed by atoms with Crippen LogP contribution in [0.1, 0.15) is 56.8 Å². The number of likely N-dealkylation sites (tertiary alicyclic amines) is 1. The number of benzene rings is 1. The van der Waals surface area contributed by atoms with E-state index in [4.69, 9.17) is 0 Å². The summed E-state index contributed by atoms with van der Waals surface area (Å²) >= 11 is 0. The molecule has 5 atom stereocenters. The Balaban J connectivity index is 1.23. The van der Waals surface area contributed by atoms with Gasteiger partial charge in [-0.25, -0.2) is 18.7 Å². The highest BCUT2D eigenvalue weighted by Crippen LogP contribution is 2.40. The van der Waals surface area contributed by atoms with Crippen molar-refractivity contribution < 1.29 is 18.4 Å². The van der Waals surface area contributed by atoms with Crippen LogP contribution in [0.15, 0.2) is 30.7 Å². The predicted octanol–water partition coefficient (Wildman–Crippen LogP) is 3.52. The fraction of sp³-hybridized carbons (Fsp3) is 0.600. The molecular weight excluding hydrogens is 528 g/mol. The normalized spacial score (nSPS) is 27.4. The van der Waals surface area contributed by atoms with Gasteiger partial charge in [-0.05, 0) is 64.7 Å². The number of carbonyl (C=O) groups is 2. The van der Waals surface area contributed by atoms with Gasteiger partial charge >= 0.3 is 0 Å². The minimum absolute atomic E-state index is 0.00574. The molecule has 41 heavy (non-hydrogen) atoms. The quantitative estimate of drug-likeness (QED) is 0.572. The number of fused-ring (bicyclic) bond motifs is 4. The summed E-state index contributed by atoms with van der Waals surface area (Å²) in [6.07, 6.45) is 5.32. The van der Waals surface area contributed by atoms with E-state index in [1.165, 1.54) is 18.5 Å². The van der Waals surface area contributed by atoms with Gasteiger partial charge in [-0.3, -0.25) is 9.59 Å². The lowest BCUT2D eigenvalue weighted by molar-refractivity contribution is -0.137. The molecule has 220 valence electrons. The van der Waals surface area contributed by atoms with Gasteiger partial charge in [0, 0.05) is 56.8 Å². The van der Waals surface area contributed by atoms with Crippen molar-refractivity contribution in [3.8, 4) is 0 Å². The minimum Gasteiger partial charge on any atom is -0.348 e. The van der Waals surface area contributed by atoms with E-state index in [1.54, 1.807) is 17.2 Å². The van der Waals surface area contributed by atoms with Crippen LogP contribution in [-0.4, -0.2) is 94.6 Å². The van der Waals surface area contributed by atoms with Gasteiger partial charge in [0.25, 0.3) is 5.91 Å². The van der Waals surface area contributed by atoms with Crippen molar-refractivity contribution in [3.63, 3.8) is 0 Å². The average molecular weight is 568 g/mol. The van der Waals surface area contributed by atoms with Crippen molar-refractivity contribution in [2.24, 2.45) is 5.92 Å². The van der Waals surface area contributed by atoms with Crippen LogP contribution >= 0.6 is 0 Å². The maximum atomic E-state index is 14.6. The second kappa shape index (κ2) is 11.2. The minimum atomic E-state index is -0.910. The Labute approximate surface area is 239 Å². The number of nitrogens with zero attached hydrogens (tertiary/aromatic N) is 6. The molecule has 11 heteroatoms. The van der Waals surface area contributed by atoms with Crippen molar-refractivity contribution in [3.05, 3.63) is 42.1 Å². The first-order valence-electron chi connectivity index (χ1n) is 14.9. The SMILES string of the molecule is CCN(C(=O)c1cc(F)ccc1N1CCN(C2CCN(C(=O)[C@H]3NC4CC[C@@H]3[C@@H](F)C4)C2)c2ncncc21)C(C)C. The van der Waals surface area contributed by atoms with E-state index in [1.807, 2.05) is 30.6 Å². The first kappa shape index (κ1) is 27.8. The zero-order valence-corrected chi connectivity index (χ0v) is 24.0. The molecule has 1 saturated carbocycles. The Morgan fingerprint density at radius 2 is 1.98 bits per heavy atom. The van der Waals surface area contributed by atoms with E-state index in [0.29, 0.717) is 50.4 Å². The van der Waals surface area contributed by atoms with Crippen LogP contribution in [-0.2, 0) is 4.79 Å². The Kier molecular flexibility index (Phi) is 7.56. The van der Waals surface area contributed by atoms with E-state index in [2.05, 4.69) is 20.2 Å². The van der Waals surface area contributed by atoms with Crippen molar-refractivity contribution in [2.45, 2.75) is 76.8 Å². The van der Waals surface area contributed by atoms with E-state index < -0.39 is 18.0 Å². The van der Waals surface area contributed by atoms with Gasteiger partial charge in [0.2, 0.25) is 5.91 Å². The molecule has 2 amide bonds. The number of rotatable bonds is 6. The van der Waals surface area contributed by atoms with Gasteiger partial charge in [-0.2, -0.15) is 0 Å². The molecule has 1 aromatic heterocycles. The number of amides is 2. The monoisotopic (exact) mass is 567 g/mol. The fourth-order valence-corrected chi connectivity index (χ4v) is 7.27. The molecule has 1 N–H and O–H groups in total. The summed E-state index contributed by atoms with van der Waals surface area (Å²) in [7, 11) is 0. The summed E-state index contributed by atoms with van der Waals surface area (Å²) in [5.74, 6) is -0.191. The van der Waals surface area contributed by atoms with Crippen LogP contribution in [0.3, 0.4) is 0 Å². The summed E-state index contributed by atoms with van der Waals surface area (Å²) in [5, 5.41) is 3.40. The van der Waals surface area contributed by atoms with Crippen molar-refractivity contribution in [1.82, 2.24) is 25.1 Å². The Bertz CT molecular complexity index is 1310. The van der Waals surface area contributed by atoms with Crippen molar-refractivity contribution in [2.75, 3.05) is 42.5 Å². The molecule has 7 rings (SSSR count). The highest BCUT2D eigenvalue weighted by molar-refractivity contribution is 6.01. The Morgan fingerprint density at radius 1 is 1.15 bits per heavy atom. The van der Waals surface area contributed by atoms with E-state index in [-0.39, 0.29) is 35.9 Å². The molecule has 0 radical (unpaired) electrons. The van der Waals surface area contributed by atoms with Gasteiger partial charge in [0.15, 0.2) is 5.82 Å². The molecule has 4 aliphatic heterocycles. The number of hydrogen-bond donors (Lipinski definition) is 1. The zero-order valence-electron chi connectivity index (χ0n) is 24.0. The standard InChI is InChI=1S/C30H39F2N7O2/c1-4-37(18(2)3)29(40)23-13-19(31)5-8-25(23)39-12-11-38(28-26(39)15-33-17-34-28)21-9-10-36(16-21)30(41)27-22-7-6-20(35-27)14-24(22)32/h5,8,13,15,17-18,20-22,24,27,35H,4,6-7,9-12,14,16H2,1-3H3/t20?,21?,22-,24+,27+/m1/s1. The lowest BCUT2D eigenvalue weighted by atomic mass is 9.74. The second-order valence-corrected chi connectivity index (χ2v) is 12.0. The van der Waals surface area contributed by atoms with Gasteiger partial charge < -0.3 is 24.9 Å². The molecule has 2 unspecified atom stereocenters. The molecule has 4 fully saturated rings. The Morgan fingerprint density at radius 3 is 2.71 bits per heavy atom. The third kappa shape index (κ3) is 5.02. The van der Waals surface area contributed by atoms with Crippen LogP contribution in [0.2, 0.25) is 0 Å². The van der Waals surface area contributed by atoms with E-state index in [9.17, 15) is 18.4 Å². The predicted molar refractivity (Wildman–Crippen MR) is 153 cm³/mol. The highest BCUT2D eigenvalue weighted by atomic mass is 19.1. The first-order valence-corrected chi connectivity index (χ1v) is 14.9. The van der Waals surface area contributed by atoms with E-state index in [0.717, 1.165) is 30.8 Å². The molecule has 5 heterocycles. The van der Waals surface area contributed by atoms with Gasteiger partial charge in [0.05, 0.1) is 23.5 Å². The number of piperidine rings is 2. The molecule has 3 saturated heterocycles. The summed E-state index contributed by atoms with van der Waals surface area (Å²) in [5.41, 5.74) is 1.67. The van der Waals surface area contributed by atoms with Crippen molar-refractivity contribution in [1.29, 1.82) is 0 Å². The molecule has 9 nitrogen and oxygen atoms in total. The maximum absolute atomic E-state index is 14.6. The summed E-state index contributed by atoms with van der Waals surface area (Å²) in [6.45, 7) is 8.65. The van der Waals surface area contributed by atoms with Crippen LogP contribution in [0.5, 0.6) is 0 Å². The van der Waals surface area contributed by atoms with Crippen LogP contribution in [0, 0.1) is 11.7 Å². The summed E-state index contributed by atoms with van der Waals surface area (Å²) in [6, 6.07) is 4.02. The topological polar surface area (TPSA) is 84.9 Å². The smallest absolute Gasteiger partial charge is 0.256 e. The van der Waals surface area contributed by atoms with Crippen molar-refractivity contribution >= 4 is 29.0 Å². The summed E-state index contributed by atoms with van der Waals surface area (Å²) < 4.78 is 29.0. The molecular formula is C30H39F2N7O2. The number of aromatic nitrogens is 2. The number of halogens is 2. The van der Waals surface area contributed by atoms with Crippen LogP contribution in [0.25, 0.3) is 0 Å². The number of hydrogen-bond acceptors (Lipinski definition) is 7. The first-order chi connectivity index (χ1) is 19.8. The molecule has 1 aromatic carbocycles. The lowest BCUT2D eigenvalue weighted by Crippen LogP contribution is -2.62. The second-order valence-electron chi connectivity index (χ2n) is 12.0. The highest BCUT2D eigenvalue weighted by Gasteiger charge is 2.47. The largest absolute Gasteiger partial charge is 0.348 e. The zero-order chi connectivity index (χ0) is 28.8. The maximum Gasteiger partial charge on any atom is 0.256 e. The third-order valence-corrected chi connectivity index (χ3v) is 9.35. The average Bonchev–Trinajstić information content (AvgIpc) is 3.46. The van der Waals surface area contributed by atoms with Gasteiger partial charge in [-0.15, -0.1) is 0 Å². The summed E-state index contributed by atoms with van der Waals surface area (Å²) in [4.78, 5) is 43.8. The number of carbonyl (C=O) groups excluding carboxylic acids is 2. The lowest BCUT2D eigenvalue weighted by Gasteiger charge is -2.45. The molecule has 1 aliphatic carbocycles. The Hall–Kier alpha value is -3.34. The van der Waals surface area contributed by atoms with Gasteiger partial charge in [0.1, 0.15) is 24.0 Å². The van der Waals surface area contributed by atoms with Crippen LogP contribution < -0.4 is 15.1 Å². The number of nitrogens with one attached hydrogen (secondary N) is 1. The van der Waals surface area contributed by atoms with Crippen LogP contribution in [0.4, 0.5) is 26.0 Å². The molecule has 2 aromatic rings. The number of alkyl halides is 1. The molecule has 5 aliphatic rings. The fourth-order valence-electron chi connectivity index (χ4n) is 7.27. The number of anilines is 3.